The molecule has 112 valence electrons. The molecule has 0 aliphatic heterocycles. The van der Waals surface area contributed by atoms with Crippen molar-refractivity contribution in [1.29, 1.82) is 0 Å². The second-order valence-corrected chi connectivity index (χ2v) is 7.34. The van der Waals surface area contributed by atoms with Gasteiger partial charge in [-0.2, -0.15) is 0 Å². The molecule has 0 amide bonds. The number of hydrogen-bond donors (Lipinski definition) is 0. The van der Waals surface area contributed by atoms with Crippen LogP contribution in [0.4, 0.5) is 0 Å². The third-order valence-corrected chi connectivity index (χ3v) is 5.41. The maximum absolute atomic E-state index is 2.31. The molecule has 0 radical (unpaired) electrons. The number of halogens is 1. The van der Waals surface area contributed by atoms with E-state index in [2.05, 4.69) is 79.7 Å². The van der Waals surface area contributed by atoms with E-state index < -0.39 is 0 Å². The molecule has 0 saturated carbocycles. The number of benzene rings is 2. The smallest absolute Gasteiger partial charge is 0.265 e. The molecule has 0 spiro atoms. The minimum atomic E-state index is 0. The standard InChI is InChI=1S/C19H17S2.HI/c1-2-20-19-14-17(15-9-5-3-6-10-15)13-18(21-19)16-11-7-4-8-12-16;/h3-14H,2H2,1H3;1H/q+1;/p-1. The van der Waals surface area contributed by atoms with E-state index in [1.165, 1.54) is 25.8 Å². The normalized spacial score (nSPS) is 10.0. The summed E-state index contributed by atoms with van der Waals surface area (Å²) in [6.07, 6.45) is 0. The summed E-state index contributed by atoms with van der Waals surface area (Å²) in [6, 6.07) is 25.8. The fourth-order valence-corrected chi connectivity index (χ4v) is 4.43. The Morgan fingerprint density at radius 1 is 0.773 bits per heavy atom. The molecule has 0 saturated heterocycles. The average Bonchev–Trinajstić information content (AvgIpc) is 2.56. The van der Waals surface area contributed by atoms with Crippen LogP contribution in [-0.2, 0) is 0 Å². The van der Waals surface area contributed by atoms with Gasteiger partial charge in [0.05, 0.1) is 0 Å². The van der Waals surface area contributed by atoms with Gasteiger partial charge in [-0.25, -0.2) is 0 Å². The SMILES string of the molecule is CCSc1cc(-c2ccccc2)cc(-c2ccccc2)[s+]1.[I-]. The van der Waals surface area contributed by atoms with Gasteiger partial charge in [0.25, 0.3) is 4.21 Å². The van der Waals surface area contributed by atoms with Crippen molar-refractivity contribution in [1.82, 2.24) is 0 Å². The van der Waals surface area contributed by atoms with Crippen molar-refractivity contribution in [3.63, 3.8) is 0 Å². The lowest BCUT2D eigenvalue weighted by Crippen LogP contribution is -3.00. The Bertz CT molecular complexity index is 654. The summed E-state index contributed by atoms with van der Waals surface area (Å²) in [5.41, 5.74) is 3.86. The molecule has 1 aromatic heterocycles. The minimum Gasteiger partial charge on any atom is -1.00 e. The largest absolute Gasteiger partial charge is 1.00 e. The second kappa shape index (κ2) is 8.65. The monoisotopic (exact) mass is 436 g/mol. The van der Waals surface area contributed by atoms with Crippen LogP contribution in [-0.4, -0.2) is 5.75 Å². The highest BCUT2D eigenvalue weighted by Crippen LogP contribution is 2.36. The van der Waals surface area contributed by atoms with Gasteiger partial charge < -0.3 is 24.0 Å². The zero-order chi connectivity index (χ0) is 14.5. The molecule has 0 N–H and O–H groups in total. The summed E-state index contributed by atoms with van der Waals surface area (Å²) in [5, 5.41) is 0. The summed E-state index contributed by atoms with van der Waals surface area (Å²) in [6.45, 7) is 2.20. The highest BCUT2D eigenvalue weighted by Gasteiger charge is 2.17. The van der Waals surface area contributed by atoms with Gasteiger partial charge >= 0.3 is 0 Å². The number of rotatable bonds is 4. The first kappa shape index (κ1) is 17.4. The Morgan fingerprint density at radius 2 is 1.36 bits per heavy atom. The van der Waals surface area contributed by atoms with Gasteiger partial charge in [0.2, 0.25) is 16.2 Å². The van der Waals surface area contributed by atoms with E-state index in [1.54, 1.807) is 0 Å². The molecular weight excluding hydrogens is 419 g/mol. The van der Waals surface area contributed by atoms with Gasteiger partial charge in [0, 0.05) is 17.7 Å². The Kier molecular flexibility index (Phi) is 6.86. The zero-order valence-electron chi connectivity index (χ0n) is 12.3. The highest BCUT2D eigenvalue weighted by atomic mass is 127. The average molecular weight is 436 g/mol. The van der Waals surface area contributed by atoms with Crippen LogP contribution in [0, 0.1) is 0 Å². The molecule has 22 heavy (non-hydrogen) atoms. The second-order valence-electron chi connectivity index (χ2n) is 4.69. The van der Waals surface area contributed by atoms with Crippen LogP contribution in [0.2, 0.25) is 0 Å². The van der Waals surface area contributed by atoms with Crippen LogP contribution in [0.25, 0.3) is 21.6 Å². The minimum absolute atomic E-state index is 0. The van der Waals surface area contributed by atoms with Gasteiger partial charge in [-0.1, -0.05) is 67.2 Å². The van der Waals surface area contributed by atoms with Crippen molar-refractivity contribution in [2.75, 3.05) is 5.75 Å². The summed E-state index contributed by atoms with van der Waals surface area (Å²) in [4.78, 5) is 1.33. The quantitative estimate of drug-likeness (QED) is 0.343. The van der Waals surface area contributed by atoms with E-state index in [0.717, 1.165) is 5.75 Å². The Hall–Kier alpha value is -0.910. The predicted molar refractivity (Wildman–Crippen MR) is 96.0 cm³/mol. The molecule has 0 bridgehead atoms. The molecule has 3 aromatic rings. The number of thioether (sulfide) groups is 1. The van der Waals surface area contributed by atoms with Crippen molar-refractivity contribution < 1.29 is 24.0 Å². The molecule has 0 nitrogen and oxygen atoms in total. The van der Waals surface area contributed by atoms with Gasteiger partial charge in [-0.15, -0.1) is 0 Å². The van der Waals surface area contributed by atoms with E-state index >= 15 is 0 Å². The molecule has 1 heterocycles. The molecule has 2 aromatic carbocycles. The molecule has 0 fully saturated rings. The van der Waals surface area contributed by atoms with Crippen molar-refractivity contribution in [3.8, 4) is 21.6 Å². The fraction of sp³-hybridized carbons (Fsp3) is 0.105. The van der Waals surface area contributed by atoms with E-state index in [4.69, 9.17) is 0 Å². The molecule has 0 aliphatic carbocycles. The maximum atomic E-state index is 2.31. The summed E-state index contributed by atoms with van der Waals surface area (Å²) in [7, 11) is 0. The zero-order valence-corrected chi connectivity index (χ0v) is 16.1. The van der Waals surface area contributed by atoms with Crippen LogP contribution < -0.4 is 24.0 Å². The topological polar surface area (TPSA) is 0 Å². The van der Waals surface area contributed by atoms with Gasteiger partial charge in [-0.3, -0.25) is 0 Å². The van der Waals surface area contributed by atoms with Crippen molar-refractivity contribution in [2.45, 2.75) is 11.1 Å². The van der Waals surface area contributed by atoms with Crippen molar-refractivity contribution >= 4 is 23.1 Å². The van der Waals surface area contributed by atoms with E-state index in [-0.39, 0.29) is 24.0 Å². The predicted octanol–water partition coefficient (Wildman–Crippen LogP) is 3.48. The number of hydrogen-bond acceptors (Lipinski definition) is 1. The van der Waals surface area contributed by atoms with Crippen LogP contribution >= 0.6 is 23.1 Å². The fourth-order valence-electron chi connectivity index (χ4n) is 2.23. The van der Waals surface area contributed by atoms with Crippen molar-refractivity contribution in [2.24, 2.45) is 0 Å². The molecule has 3 rings (SSSR count). The lowest BCUT2D eigenvalue weighted by molar-refractivity contribution is -0.00000399. The van der Waals surface area contributed by atoms with Crippen LogP contribution in [0.5, 0.6) is 0 Å². The Balaban J connectivity index is 0.00000176. The lowest BCUT2D eigenvalue weighted by atomic mass is 10.1. The Morgan fingerprint density at radius 3 is 1.95 bits per heavy atom. The van der Waals surface area contributed by atoms with Gasteiger partial charge in [-0.05, 0) is 29.0 Å². The third-order valence-electron chi connectivity index (χ3n) is 3.22. The first-order valence-corrected chi connectivity index (χ1v) is 8.89. The molecule has 3 heteroatoms. The molecule has 0 unspecified atom stereocenters. The molecular formula is C19H17IS2. The Labute approximate surface area is 157 Å². The van der Waals surface area contributed by atoms with Gasteiger partial charge in [0.1, 0.15) is 0 Å². The first-order valence-electron chi connectivity index (χ1n) is 7.08. The third kappa shape index (κ3) is 4.31. The molecule has 0 aliphatic rings. The van der Waals surface area contributed by atoms with E-state index in [1.807, 2.05) is 23.1 Å². The first-order chi connectivity index (χ1) is 10.4. The highest BCUT2D eigenvalue weighted by molar-refractivity contribution is 8.01. The maximum Gasteiger partial charge on any atom is 0.265 e. The van der Waals surface area contributed by atoms with Crippen LogP contribution in [0.15, 0.2) is 77.0 Å². The van der Waals surface area contributed by atoms with Crippen molar-refractivity contribution in [3.05, 3.63) is 72.8 Å². The molecule has 0 atom stereocenters. The van der Waals surface area contributed by atoms with Crippen LogP contribution in [0.3, 0.4) is 0 Å². The van der Waals surface area contributed by atoms with E-state index in [0.29, 0.717) is 0 Å². The van der Waals surface area contributed by atoms with Crippen LogP contribution in [0.1, 0.15) is 6.92 Å². The summed E-state index contributed by atoms with van der Waals surface area (Å²) in [5.74, 6) is 1.10. The lowest BCUT2D eigenvalue weighted by Gasteiger charge is -2.01. The summed E-state index contributed by atoms with van der Waals surface area (Å²) >= 11 is 3.78. The van der Waals surface area contributed by atoms with E-state index in [9.17, 15) is 0 Å². The van der Waals surface area contributed by atoms with Gasteiger partial charge in [0.15, 0.2) is 0 Å². The summed E-state index contributed by atoms with van der Waals surface area (Å²) < 4.78 is 1.37.